The molecule has 0 aromatic heterocycles. The molecule has 112 valence electrons. The quantitative estimate of drug-likeness (QED) is 0.400. The average Bonchev–Trinajstić information content (AvgIpc) is 2.46. The van der Waals surface area contributed by atoms with Crippen LogP contribution in [-0.4, -0.2) is 18.7 Å². The normalized spacial score (nSPS) is 11.3. The van der Waals surface area contributed by atoms with Crippen molar-refractivity contribution in [2.75, 3.05) is 7.11 Å². The Bertz CT molecular complexity index is 513. The topological polar surface area (TPSA) is 35.5 Å². The van der Waals surface area contributed by atoms with Crippen molar-refractivity contribution < 1.29 is 14.3 Å². The van der Waals surface area contributed by atoms with Crippen LogP contribution in [0.4, 0.5) is 0 Å². The Morgan fingerprint density at radius 1 is 1.10 bits per heavy atom. The highest BCUT2D eigenvalue weighted by Crippen LogP contribution is 2.43. The van der Waals surface area contributed by atoms with Gasteiger partial charge in [0.15, 0.2) is 0 Å². The van der Waals surface area contributed by atoms with E-state index in [0.29, 0.717) is 12.8 Å². The van der Waals surface area contributed by atoms with E-state index in [-0.39, 0.29) is 25.8 Å². The molecule has 0 fully saturated rings. The minimum Gasteiger partial charge on any atom is -0.474 e. The molecular formula is C13H14Cl4O3. The van der Waals surface area contributed by atoms with Crippen molar-refractivity contribution in [3.63, 3.8) is 0 Å². The second-order valence-corrected chi connectivity index (χ2v) is 5.63. The lowest BCUT2D eigenvalue weighted by Gasteiger charge is -2.30. The fourth-order valence-electron chi connectivity index (χ4n) is 1.75. The zero-order chi connectivity index (χ0) is 15.5. The summed E-state index contributed by atoms with van der Waals surface area (Å²) in [6, 6.07) is 1.43. The predicted molar refractivity (Wildman–Crippen MR) is 82.4 cm³/mol. The van der Waals surface area contributed by atoms with Gasteiger partial charge in [-0.3, -0.25) is 0 Å². The number of benzene rings is 1. The summed E-state index contributed by atoms with van der Waals surface area (Å²) in [5.41, 5.74) is -1.14. The Labute approximate surface area is 138 Å². The minimum absolute atomic E-state index is 0.0850. The highest BCUT2D eigenvalue weighted by Gasteiger charge is 2.39. The Hall–Kier alpha value is -0.350. The molecule has 0 saturated heterocycles. The number of ether oxygens (including phenoxy) is 2. The second-order valence-electron chi connectivity index (χ2n) is 4.09. The van der Waals surface area contributed by atoms with Gasteiger partial charge in [-0.15, -0.1) is 0 Å². The van der Waals surface area contributed by atoms with Crippen LogP contribution in [0.25, 0.3) is 0 Å². The van der Waals surface area contributed by atoms with Gasteiger partial charge in [-0.1, -0.05) is 60.3 Å². The summed E-state index contributed by atoms with van der Waals surface area (Å²) in [7, 11) is 1.30. The number of hydrogen-bond acceptors (Lipinski definition) is 3. The number of rotatable bonds is 5. The number of halogens is 4. The third-order valence-electron chi connectivity index (χ3n) is 3.07. The molecule has 1 rings (SSSR count). The molecule has 0 radical (unpaired) electrons. The molecular weight excluding hydrogens is 346 g/mol. The molecule has 0 spiro atoms. The van der Waals surface area contributed by atoms with Gasteiger partial charge >= 0.3 is 5.97 Å². The third-order valence-corrected chi connectivity index (χ3v) is 4.81. The zero-order valence-electron chi connectivity index (χ0n) is 11.2. The average molecular weight is 360 g/mol. The molecule has 3 nitrogen and oxygen atoms in total. The smallest absolute Gasteiger partial charge is 0.350 e. The molecule has 0 aliphatic rings. The Morgan fingerprint density at radius 2 is 1.65 bits per heavy atom. The standard InChI is InChI=1S/C13H14Cl4O3/c1-4-13(5-2,12(18)19-3)20-8-6-7(14)9(15)11(17)10(8)16/h6H,4-5H2,1-3H3. The van der Waals surface area contributed by atoms with Crippen LogP contribution in [-0.2, 0) is 9.53 Å². The van der Waals surface area contributed by atoms with Gasteiger partial charge in [0.25, 0.3) is 0 Å². The summed E-state index contributed by atoms with van der Waals surface area (Å²) in [5, 5.41) is 0.530. The summed E-state index contributed by atoms with van der Waals surface area (Å²) in [6.45, 7) is 3.63. The van der Waals surface area contributed by atoms with Gasteiger partial charge in [-0.25, -0.2) is 4.79 Å². The maximum absolute atomic E-state index is 12.0. The van der Waals surface area contributed by atoms with E-state index in [1.165, 1.54) is 13.2 Å². The number of carbonyl (C=O) groups is 1. The maximum atomic E-state index is 12.0. The van der Waals surface area contributed by atoms with Crippen LogP contribution in [0.3, 0.4) is 0 Å². The zero-order valence-corrected chi connectivity index (χ0v) is 14.3. The van der Waals surface area contributed by atoms with Crippen LogP contribution in [0, 0.1) is 0 Å². The van der Waals surface area contributed by atoms with Crippen molar-refractivity contribution in [3.05, 3.63) is 26.2 Å². The molecule has 7 heteroatoms. The lowest BCUT2D eigenvalue weighted by atomic mass is 9.97. The molecule has 0 aliphatic heterocycles. The lowest BCUT2D eigenvalue weighted by Crippen LogP contribution is -2.44. The first-order chi connectivity index (χ1) is 9.32. The van der Waals surface area contributed by atoms with Crippen LogP contribution in [0.15, 0.2) is 6.07 Å². The number of carbonyl (C=O) groups excluding carboxylic acids is 1. The van der Waals surface area contributed by atoms with Gasteiger partial charge in [0.1, 0.15) is 10.8 Å². The van der Waals surface area contributed by atoms with Crippen molar-refractivity contribution in [3.8, 4) is 5.75 Å². The van der Waals surface area contributed by atoms with Crippen molar-refractivity contribution in [2.45, 2.75) is 32.3 Å². The monoisotopic (exact) mass is 358 g/mol. The summed E-state index contributed by atoms with van der Waals surface area (Å²) in [6.07, 6.45) is 0.814. The summed E-state index contributed by atoms with van der Waals surface area (Å²) in [5.74, 6) is -0.291. The number of methoxy groups -OCH3 is 1. The Balaban J connectivity index is 3.29. The van der Waals surface area contributed by atoms with E-state index >= 15 is 0 Å². The number of hydrogen-bond donors (Lipinski definition) is 0. The van der Waals surface area contributed by atoms with Crippen molar-refractivity contribution in [2.24, 2.45) is 0 Å². The fraction of sp³-hybridized carbons (Fsp3) is 0.462. The first kappa shape index (κ1) is 17.7. The first-order valence-corrected chi connectivity index (χ1v) is 7.44. The van der Waals surface area contributed by atoms with E-state index in [4.69, 9.17) is 55.9 Å². The van der Waals surface area contributed by atoms with Crippen molar-refractivity contribution in [1.82, 2.24) is 0 Å². The number of esters is 1. The molecule has 0 heterocycles. The Kier molecular flexibility index (Phi) is 6.26. The summed E-state index contributed by atoms with van der Waals surface area (Å²) >= 11 is 23.9. The van der Waals surface area contributed by atoms with Gasteiger partial charge in [0, 0.05) is 6.07 Å². The SMILES string of the molecule is CCC(CC)(Oc1cc(Cl)c(Cl)c(Cl)c1Cl)C(=O)OC. The largest absolute Gasteiger partial charge is 0.474 e. The molecule has 1 aromatic rings. The molecule has 20 heavy (non-hydrogen) atoms. The molecule has 1 aromatic carbocycles. The predicted octanol–water partition coefficient (Wildman–Crippen LogP) is 5.41. The summed E-state index contributed by atoms with van der Waals surface area (Å²) < 4.78 is 10.6. The first-order valence-electron chi connectivity index (χ1n) is 5.93. The highest BCUT2D eigenvalue weighted by atomic mass is 35.5. The van der Waals surface area contributed by atoms with Crippen LogP contribution in [0.2, 0.25) is 20.1 Å². The molecule has 0 saturated carbocycles. The van der Waals surface area contributed by atoms with Crippen molar-refractivity contribution >= 4 is 52.4 Å². The van der Waals surface area contributed by atoms with Gasteiger partial charge < -0.3 is 9.47 Å². The van der Waals surface area contributed by atoms with Gasteiger partial charge in [-0.2, -0.15) is 0 Å². The molecule has 0 N–H and O–H groups in total. The molecule has 0 atom stereocenters. The van der Waals surface area contributed by atoms with Gasteiger partial charge in [-0.05, 0) is 12.8 Å². The van der Waals surface area contributed by atoms with Crippen LogP contribution < -0.4 is 4.74 Å². The van der Waals surface area contributed by atoms with E-state index in [1.807, 2.05) is 13.8 Å². The van der Waals surface area contributed by atoms with Crippen LogP contribution in [0.1, 0.15) is 26.7 Å². The van der Waals surface area contributed by atoms with Crippen molar-refractivity contribution in [1.29, 1.82) is 0 Å². The second kappa shape index (κ2) is 7.08. The minimum atomic E-state index is -1.14. The molecule has 0 unspecified atom stereocenters. The maximum Gasteiger partial charge on any atom is 0.350 e. The van der Waals surface area contributed by atoms with Crippen LogP contribution >= 0.6 is 46.4 Å². The summed E-state index contributed by atoms with van der Waals surface area (Å²) in [4.78, 5) is 12.0. The van der Waals surface area contributed by atoms with E-state index in [0.717, 1.165) is 0 Å². The van der Waals surface area contributed by atoms with E-state index < -0.39 is 11.6 Å². The van der Waals surface area contributed by atoms with Gasteiger partial charge in [0.05, 0.1) is 22.2 Å². The van der Waals surface area contributed by atoms with E-state index in [2.05, 4.69) is 0 Å². The van der Waals surface area contributed by atoms with Crippen LogP contribution in [0.5, 0.6) is 5.75 Å². The molecule has 0 amide bonds. The highest BCUT2D eigenvalue weighted by molar-refractivity contribution is 6.52. The Morgan fingerprint density at radius 3 is 2.10 bits per heavy atom. The fourth-order valence-corrected chi connectivity index (χ4v) is 2.57. The van der Waals surface area contributed by atoms with E-state index in [1.54, 1.807) is 0 Å². The van der Waals surface area contributed by atoms with Gasteiger partial charge in [0.2, 0.25) is 5.60 Å². The molecule has 0 bridgehead atoms. The lowest BCUT2D eigenvalue weighted by molar-refractivity contribution is -0.159. The third kappa shape index (κ3) is 3.28. The van der Waals surface area contributed by atoms with E-state index in [9.17, 15) is 4.79 Å². The molecule has 0 aliphatic carbocycles.